The molecule has 0 unspecified atom stereocenters. The lowest BCUT2D eigenvalue weighted by Gasteiger charge is -2.00. The van der Waals surface area contributed by atoms with Gasteiger partial charge in [0.1, 0.15) is 0 Å². The van der Waals surface area contributed by atoms with Crippen molar-refractivity contribution >= 4 is 0 Å². The summed E-state index contributed by atoms with van der Waals surface area (Å²) in [6, 6.07) is 6.00. The second-order valence-electron chi connectivity index (χ2n) is 4.14. The zero-order valence-corrected chi connectivity index (χ0v) is 11.4. The van der Waals surface area contributed by atoms with Crippen LogP contribution in [0.3, 0.4) is 0 Å². The van der Waals surface area contributed by atoms with E-state index >= 15 is 0 Å². The number of hydrogen-bond acceptors (Lipinski definition) is 1. The molecular weight excluding hydrogens is 182 g/mol. The van der Waals surface area contributed by atoms with Crippen molar-refractivity contribution in [2.45, 2.75) is 54.4 Å². The van der Waals surface area contributed by atoms with E-state index in [1.807, 2.05) is 38.2 Å². The highest BCUT2D eigenvalue weighted by molar-refractivity contribution is 5.06. The van der Waals surface area contributed by atoms with Crippen molar-refractivity contribution in [2.24, 2.45) is 5.92 Å². The SMILES string of the molecule is CC.CC(C)C.CC(C)c1ccccn1. The molecule has 0 atom stereocenters. The maximum Gasteiger partial charge on any atom is 0.0428 e. The average molecular weight is 209 g/mol. The van der Waals surface area contributed by atoms with Gasteiger partial charge in [0.05, 0.1) is 0 Å². The fourth-order valence-corrected chi connectivity index (χ4v) is 0.717. The van der Waals surface area contributed by atoms with Gasteiger partial charge in [0.15, 0.2) is 0 Å². The number of hydrogen-bond donors (Lipinski definition) is 0. The van der Waals surface area contributed by atoms with Gasteiger partial charge < -0.3 is 0 Å². The molecule has 1 aromatic heterocycles. The Balaban J connectivity index is 0. The zero-order chi connectivity index (χ0) is 12.3. The van der Waals surface area contributed by atoms with E-state index in [0.717, 1.165) is 11.6 Å². The lowest BCUT2D eigenvalue weighted by atomic mass is 10.1. The third kappa shape index (κ3) is 13.2. The Bertz CT molecular complexity index is 199. The van der Waals surface area contributed by atoms with Gasteiger partial charge in [0.25, 0.3) is 0 Å². The monoisotopic (exact) mass is 209 g/mol. The van der Waals surface area contributed by atoms with Crippen LogP contribution in [0.25, 0.3) is 0 Å². The quantitative estimate of drug-likeness (QED) is 0.641. The van der Waals surface area contributed by atoms with Crippen LogP contribution in [0.1, 0.15) is 60.1 Å². The van der Waals surface area contributed by atoms with Crippen LogP contribution in [0.15, 0.2) is 24.4 Å². The van der Waals surface area contributed by atoms with Gasteiger partial charge in [-0.1, -0.05) is 54.5 Å². The standard InChI is InChI=1S/C8H11N.C4H10.C2H6/c1-7(2)8-5-3-4-6-9-8;1-4(2)3;1-2/h3-7H,1-2H3;4H,1-3H3;1-2H3. The highest BCUT2D eigenvalue weighted by Gasteiger charge is 1.95. The summed E-state index contributed by atoms with van der Waals surface area (Å²) >= 11 is 0. The Kier molecular flexibility index (Phi) is 12.4. The van der Waals surface area contributed by atoms with Crippen LogP contribution in [0.5, 0.6) is 0 Å². The molecule has 1 nitrogen and oxygen atoms in total. The molecule has 0 aliphatic carbocycles. The van der Waals surface area contributed by atoms with Crippen LogP contribution in [0.4, 0.5) is 0 Å². The third-order valence-electron chi connectivity index (χ3n) is 1.28. The molecule has 0 saturated heterocycles. The van der Waals surface area contributed by atoms with Crippen molar-refractivity contribution in [1.29, 1.82) is 0 Å². The van der Waals surface area contributed by atoms with Crippen molar-refractivity contribution in [3.05, 3.63) is 30.1 Å². The van der Waals surface area contributed by atoms with E-state index < -0.39 is 0 Å². The number of aromatic nitrogens is 1. The van der Waals surface area contributed by atoms with E-state index in [0.29, 0.717) is 5.92 Å². The summed E-state index contributed by atoms with van der Waals surface area (Å²) in [5.41, 5.74) is 1.16. The third-order valence-corrected chi connectivity index (χ3v) is 1.28. The Labute approximate surface area is 95.9 Å². The number of pyridine rings is 1. The minimum absolute atomic E-state index is 0.547. The van der Waals surface area contributed by atoms with E-state index in [1.54, 1.807) is 0 Å². The fourth-order valence-electron chi connectivity index (χ4n) is 0.717. The average Bonchev–Trinajstić information content (AvgIpc) is 2.21. The second kappa shape index (κ2) is 11.2. The van der Waals surface area contributed by atoms with Crippen LogP contribution in [-0.2, 0) is 0 Å². The van der Waals surface area contributed by atoms with Gasteiger partial charge in [-0.25, -0.2) is 0 Å². The normalized spacial score (nSPS) is 8.87. The molecule has 0 radical (unpaired) electrons. The summed E-state index contributed by atoms with van der Waals surface area (Å²) < 4.78 is 0. The highest BCUT2D eigenvalue weighted by atomic mass is 14.7. The Morgan fingerprint density at radius 3 is 1.60 bits per heavy atom. The van der Waals surface area contributed by atoms with E-state index in [9.17, 15) is 0 Å². The Morgan fingerprint density at radius 1 is 0.933 bits per heavy atom. The van der Waals surface area contributed by atoms with Crippen molar-refractivity contribution in [1.82, 2.24) is 4.98 Å². The lowest BCUT2D eigenvalue weighted by Crippen LogP contribution is -1.88. The minimum Gasteiger partial charge on any atom is -0.261 e. The summed E-state index contributed by atoms with van der Waals surface area (Å²) in [6.45, 7) is 14.8. The molecule has 88 valence electrons. The van der Waals surface area contributed by atoms with E-state index in [1.165, 1.54) is 0 Å². The highest BCUT2D eigenvalue weighted by Crippen LogP contribution is 2.08. The molecule has 0 amide bonds. The zero-order valence-electron chi connectivity index (χ0n) is 11.4. The Hall–Kier alpha value is -0.850. The first-order chi connectivity index (χ1) is 7.04. The van der Waals surface area contributed by atoms with E-state index in [-0.39, 0.29) is 0 Å². The molecule has 15 heavy (non-hydrogen) atoms. The Morgan fingerprint density at radius 2 is 1.40 bits per heavy atom. The molecule has 0 bridgehead atoms. The molecule has 1 rings (SSSR count). The van der Waals surface area contributed by atoms with Crippen LogP contribution in [0.2, 0.25) is 0 Å². The van der Waals surface area contributed by atoms with Crippen molar-refractivity contribution < 1.29 is 0 Å². The summed E-state index contributed by atoms with van der Waals surface area (Å²) in [7, 11) is 0. The van der Waals surface area contributed by atoms with Gasteiger partial charge in [0.2, 0.25) is 0 Å². The summed E-state index contributed by atoms with van der Waals surface area (Å²) in [5, 5.41) is 0. The topological polar surface area (TPSA) is 12.9 Å². The van der Waals surface area contributed by atoms with Gasteiger partial charge in [0, 0.05) is 11.9 Å². The predicted molar refractivity (Wildman–Crippen MR) is 70.2 cm³/mol. The maximum absolute atomic E-state index is 4.18. The summed E-state index contributed by atoms with van der Waals surface area (Å²) in [6.07, 6.45) is 1.83. The smallest absolute Gasteiger partial charge is 0.0428 e. The van der Waals surface area contributed by atoms with Crippen LogP contribution in [0, 0.1) is 5.92 Å². The molecule has 1 heteroatoms. The molecule has 0 aromatic carbocycles. The van der Waals surface area contributed by atoms with Crippen LogP contribution >= 0.6 is 0 Å². The minimum atomic E-state index is 0.547. The molecule has 0 aliphatic heterocycles. The van der Waals surface area contributed by atoms with Gasteiger partial charge in [-0.05, 0) is 24.0 Å². The van der Waals surface area contributed by atoms with Crippen molar-refractivity contribution in [3.63, 3.8) is 0 Å². The van der Waals surface area contributed by atoms with Gasteiger partial charge >= 0.3 is 0 Å². The molecule has 0 spiro atoms. The molecule has 1 heterocycles. The summed E-state index contributed by atoms with van der Waals surface area (Å²) in [5.74, 6) is 1.38. The molecule has 0 fully saturated rings. The van der Waals surface area contributed by atoms with E-state index in [4.69, 9.17) is 0 Å². The number of rotatable bonds is 1. The van der Waals surface area contributed by atoms with Gasteiger partial charge in [-0.3, -0.25) is 4.98 Å². The molecule has 0 N–H and O–H groups in total. The first-order valence-corrected chi connectivity index (χ1v) is 5.95. The van der Waals surface area contributed by atoms with Crippen molar-refractivity contribution in [3.8, 4) is 0 Å². The fraction of sp³-hybridized carbons (Fsp3) is 0.643. The lowest BCUT2D eigenvalue weighted by molar-refractivity contribution is 0.737. The maximum atomic E-state index is 4.18. The van der Waals surface area contributed by atoms with Gasteiger partial charge in [-0.2, -0.15) is 0 Å². The summed E-state index contributed by atoms with van der Waals surface area (Å²) in [4.78, 5) is 4.18. The predicted octanol–water partition coefficient (Wildman–Crippen LogP) is 4.89. The number of nitrogens with zero attached hydrogens (tertiary/aromatic N) is 1. The molecular formula is C14H27N. The molecule has 0 saturated carbocycles. The largest absolute Gasteiger partial charge is 0.261 e. The van der Waals surface area contributed by atoms with E-state index in [2.05, 4.69) is 39.6 Å². The molecule has 1 aromatic rings. The van der Waals surface area contributed by atoms with Crippen molar-refractivity contribution in [2.75, 3.05) is 0 Å². The van der Waals surface area contributed by atoms with Crippen LogP contribution < -0.4 is 0 Å². The second-order valence-corrected chi connectivity index (χ2v) is 4.14. The first-order valence-electron chi connectivity index (χ1n) is 5.95. The van der Waals surface area contributed by atoms with Gasteiger partial charge in [-0.15, -0.1) is 0 Å². The molecule has 0 aliphatic rings. The van der Waals surface area contributed by atoms with Crippen LogP contribution in [-0.4, -0.2) is 4.98 Å². The first kappa shape index (κ1) is 16.6.